The minimum atomic E-state index is -2.94. The van der Waals surface area contributed by atoms with Crippen LogP contribution in [-0.4, -0.2) is 43.0 Å². The van der Waals surface area contributed by atoms with Crippen LogP contribution in [0.1, 0.15) is 6.42 Å². The molecule has 0 radical (unpaired) electrons. The van der Waals surface area contributed by atoms with Crippen molar-refractivity contribution in [3.63, 3.8) is 0 Å². The van der Waals surface area contributed by atoms with Gasteiger partial charge in [0.05, 0.1) is 24.3 Å². The Bertz CT molecular complexity index is 844. The first kappa shape index (κ1) is 16.8. The molecule has 1 aliphatic rings. The van der Waals surface area contributed by atoms with Crippen molar-refractivity contribution in [1.29, 1.82) is 0 Å². The van der Waals surface area contributed by atoms with Crippen LogP contribution in [0.3, 0.4) is 0 Å². The van der Waals surface area contributed by atoms with Gasteiger partial charge in [-0.3, -0.25) is 0 Å². The number of benzene rings is 1. The van der Waals surface area contributed by atoms with Gasteiger partial charge in [0.25, 0.3) is 0 Å². The normalized spacial score (nSPS) is 19.0. The lowest BCUT2D eigenvalue weighted by atomic mass is 10.2. The summed E-state index contributed by atoms with van der Waals surface area (Å²) < 4.78 is 28.3. The smallest absolute Gasteiger partial charge is 0.229 e. The first-order chi connectivity index (χ1) is 11.4. The maximum absolute atomic E-state index is 11.5. The van der Waals surface area contributed by atoms with Gasteiger partial charge in [0.15, 0.2) is 9.84 Å². The number of ether oxygens (including phenoxy) is 1. The molecule has 0 aliphatic carbocycles. The number of halogens is 1. The Morgan fingerprint density at radius 2 is 2.17 bits per heavy atom. The SMILES string of the molecule is COc1ccc(Cl)cc1Nc1nccc(NC2CCS(=O)(=O)C2)n1. The van der Waals surface area contributed by atoms with E-state index in [2.05, 4.69) is 20.6 Å². The van der Waals surface area contributed by atoms with Crippen LogP contribution in [0.25, 0.3) is 0 Å². The van der Waals surface area contributed by atoms with Gasteiger partial charge in [0.2, 0.25) is 5.95 Å². The highest BCUT2D eigenvalue weighted by atomic mass is 35.5. The first-order valence-corrected chi connectivity index (χ1v) is 9.56. The number of hydrogen-bond acceptors (Lipinski definition) is 7. The van der Waals surface area contributed by atoms with E-state index in [4.69, 9.17) is 16.3 Å². The van der Waals surface area contributed by atoms with Crippen molar-refractivity contribution >= 4 is 38.9 Å². The molecule has 2 heterocycles. The van der Waals surface area contributed by atoms with E-state index in [0.717, 1.165) is 0 Å². The summed E-state index contributed by atoms with van der Waals surface area (Å²) in [4.78, 5) is 8.52. The molecular formula is C15H17ClN4O3S. The predicted molar refractivity (Wildman–Crippen MR) is 94.0 cm³/mol. The second-order valence-electron chi connectivity index (χ2n) is 5.48. The Morgan fingerprint density at radius 3 is 2.88 bits per heavy atom. The topological polar surface area (TPSA) is 93.2 Å². The van der Waals surface area contributed by atoms with Gasteiger partial charge in [-0.25, -0.2) is 13.4 Å². The van der Waals surface area contributed by atoms with E-state index in [1.807, 2.05) is 0 Å². The lowest BCUT2D eigenvalue weighted by Gasteiger charge is -2.13. The van der Waals surface area contributed by atoms with Crippen LogP contribution in [0.5, 0.6) is 5.75 Å². The molecule has 0 spiro atoms. The third kappa shape index (κ3) is 4.07. The van der Waals surface area contributed by atoms with E-state index in [9.17, 15) is 8.42 Å². The van der Waals surface area contributed by atoms with Crippen LogP contribution in [0, 0.1) is 0 Å². The largest absolute Gasteiger partial charge is 0.495 e. The number of hydrogen-bond donors (Lipinski definition) is 2. The van der Waals surface area contributed by atoms with E-state index in [0.29, 0.717) is 34.6 Å². The molecule has 1 aromatic carbocycles. The first-order valence-electron chi connectivity index (χ1n) is 7.36. The maximum Gasteiger partial charge on any atom is 0.229 e. The summed E-state index contributed by atoms with van der Waals surface area (Å²) in [5.41, 5.74) is 0.644. The van der Waals surface area contributed by atoms with Crippen molar-refractivity contribution in [3.05, 3.63) is 35.5 Å². The van der Waals surface area contributed by atoms with Crippen LogP contribution in [0.15, 0.2) is 30.5 Å². The van der Waals surface area contributed by atoms with Crippen molar-refractivity contribution in [3.8, 4) is 5.75 Å². The molecule has 2 aromatic rings. The molecule has 9 heteroatoms. The molecule has 1 fully saturated rings. The maximum atomic E-state index is 11.5. The van der Waals surface area contributed by atoms with Crippen molar-refractivity contribution in [2.75, 3.05) is 29.2 Å². The van der Waals surface area contributed by atoms with Gasteiger partial charge in [-0.05, 0) is 30.7 Å². The summed E-state index contributed by atoms with van der Waals surface area (Å²) >= 11 is 6.01. The van der Waals surface area contributed by atoms with Gasteiger partial charge in [-0.2, -0.15) is 4.98 Å². The second-order valence-corrected chi connectivity index (χ2v) is 8.14. The van der Waals surface area contributed by atoms with Crippen LogP contribution in [-0.2, 0) is 9.84 Å². The summed E-state index contributed by atoms with van der Waals surface area (Å²) in [5, 5.41) is 6.75. The predicted octanol–water partition coefficient (Wildman–Crippen LogP) is 2.48. The molecule has 0 saturated carbocycles. The molecule has 0 amide bonds. The van der Waals surface area contributed by atoms with Crippen LogP contribution < -0.4 is 15.4 Å². The molecule has 1 aromatic heterocycles. The lowest BCUT2D eigenvalue weighted by molar-refractivity contribution is 0.417. The number of methoxy groups -OCH3 is 1. The summed E-state index contributed by atoms with van der Waals surface area (Å²) in [6.45, 7) is 0. The fourth-order valence-corrected chi connectivity index (χ4v) is 4.36. The molecule has 1 saturated heterocycles. The van der Waals surface area contributed by atoms with Gasteiger partial charge in [-0.1, -0.05) is 11.6 Å². The lowest BCUT2D eigenvalue weighted by Crippen LogP contribution is -2.21. The summed E-state index contributed by atoms with van der Waals surface area (Å²) in [7, 11) is -1.38. The number of rotatable bonds is 5. The standard InChI is InChI=1S/C15H17ClN4O3S/c1-23-13-3-2-10(16)8-12(13)19-15-17-6-4-14(20-15)18-11-5-7-24(21,22)9-11/h2-4,6,8,11H,5,7,9H2,1H3,(H2,17,18,19,20). The third-order valence-electron chi connectivity index (χ3n) is 3.65. The molecular weight excluding hydrogens is 352 g/mol. The van der Waals surface area contributed by atoms with Crippen LogP contribution >= 0.6 is 11.6 Å². The Labute approximate surface area is 145 Å². The number of nitrogens with one attached hydrogen (secondary N) is 2. The van der Waals surface area contributed by atoms with Gasteiger partial charge < -0.3 is 15.4 Å². The molecule has 24 heavy (non-hydrogen) atoms. The van der Waals surface area contributed by atoms with Gasteiger partial charge >= 0.3 is 0 Å². The average Bonchev–Trinajstić information content (AvgIpc) is 2.87. The molecule has 0 bridgehead atoms. The molecule has 1 atom stereocenters. The minimum absolute atomic E-state index is 0.126. The molecule has 1 aliphatic heterocycles. The van der Waals surface area contributed by atoms with Gasteiger partial charge in [0.1, 0.15) is 11.6 Å². The van der Waals surface area contributed by atoms with Crippen LogP contribution in [0.4, 0.5) is 17.5 Å². The van der Waals surface area contributed by atoms with E-state index in [1.165, 1.54) is 0 Å². The fourth-order valence-electron chi connectivity index (χ4n) is 2.52. The zero-order valence-electron chi connectivity index (χ0n) is 13.0. The summed E-state index contributed by atoms with van der Waals surface area (Å²) in [6.07, 6.45) is 2.18. The highest BCUT2D eigenvalue weighted by Gasteiger charge is 2.27. The molecule has 7 nitrogen and oxygen atoms in total. The molecule has 1 unspecified atom stereocenters. The highest BCUT2D eigenvalue weighted by Crippen LogP contribution is 2.29. The molecule has 2 N–H and O–H groups in total. The third-order valence-corrected chi connectivity index (χ3v) is 5.65. The fraction of sp³-hybridized carbons (Fsp3) is 0.333. The minimum Gasteiger partial charge on any atom is -0.495 e. The Kier molecular flexibility index (Phi) is 4.77. The number of sulfone groups is 1. The van der Waals surface area contributed by atoms with Crippen molar-refractivity contribution < 1.29 is 13.2 Å². The van der Waals surface area contributed by atoms with Crippen molar-refractivity contribution in [2.45, 2.75) is 12.5 Å². The van der Waals surface area contributed by atoms with Crippen molar-refractivity contribution in [2.24, 2.45) is 0 Å². The van der Waals surface area contributed by atoms with Gasteiger partial charge in [-0.15, -0.1) is 0 Å². The molecule has 3 rings (SSSR count). The highest BCUT2D eigenvalue weighted by molar-refractivity contribution is 7.91. The molecule has 128 valence electrons. The zero-order chi connectivity index (χ0) is 17.2. The number of nitrogens with zero attached hydrogens (tertiary/aromatic N) is 2. The van der Waals surface area contributed by atoms with E-state index in [1.54, 1.807) is 37.6 Å². The van der Waals surface area contributed by atoms with E-state index < -0.39 is 9.84 Å². The number of aromatic nitrogens is 2. The Balaban J connectivity index is 1.75. The van der Waals surface area contributed by atoms with Gasteiger partial charge in [0, 0.05) is 17.3 Å². The number of anilines is 3. The Morgan fingerprint density at radius 1 is 1.33 bits per heavy atom. The Hall–Kier alpha value is -2.06. The van der Waals surface area contributed by atoms with Crippen molar-refractivity contribution in [1.82, 2.24) is 9.97 Å². The average molecular weight is 369 g/mol. The van der Waals surface area contributed by atoms with E-state index in [-0.39, 0.29) is 17.5 Å². The summed E-state index contributed by atoms with van der Waals surface area (Å²) in [6, 6.07) is 6.76. The van der Waals surface area contributed by atoms with Crippen LogP contribution in [0.2, 0.25) is 5.02 Å². The zero-order valence-corrected chi connectivity index (χ0v) is 14.6. The monoisotopic (exact) mass is 368 g/mol. The second kappa shape index (κ2) is 6.82. The quantitative estimate of drug-likeness (QED) is 0.837. The van der Waals surface area contributed by atoms with E-state index >= 15 is 0 Å². The summed E-state index contributed by atoms with van der Waals surface area (Å²) in [5.74, 6) is 1.88.